The maximum Gasteiger partial charge on any atom is 0.322 e. The number of carbonyl (C=O) groups excluding carboxylic acids is 2. The highest BCUT2D eigenvalue weighted by molar-refractivity contribution is 6.07. The number of phenolic OH excluding ortho intramolecular Hbond substituents is 1. The number of benzene rings is 1. The fourth-order valence-electron chi connectivity index (χ4n) is 7.98. The molecular weight excluding hydrogens is 396 g/mol. The fourth-order valence-corrected chi connectivity index (χ4v) is 7.98. The van der Waals surface area contributed by atoms with Crippen LogP contribution in [0.1, 0.15) is 43.2 Å². The van der Waals surface area contributed by atoms with Crippen LogP contribution in [0.25, 0.3) is 0 Å². The summed E-state index contributed by atoms with van der Waals surface area (Å²) in [4.78, 5) is 29.4. The van der Waals surface area contributed by atoms with Gasteiger partial charge in [-0.15, -0.1) is 0 Å². The van der Waals surface area contributed by atoms with Crippen LogP contribution in [0.4, 0.5) is 4.79 Å². The molecule has 2 heterocycles. The first-order valence-electron chi connectivity index (χ1n) is 11.2. The third-order valence-electron chi connectivity index (χ3n) is 8.93. The zero-order chi connectivity index (χ0) is 21.8. The number of hydrogen-bond acceptors (Lipinski definition) is 6. The molecular formula is C23H30N4O4. The Morgan fingerprint density at radius 1 is 1.19 bits per heavy atom. The third-order valence-corrected chi connectivity index (χ3v) is 8.93. The van der Waals surface area contributed by atoms with Gasteiger partial charge in [-0.3, -0.25) is 15.0 Å². The predicted octanol–water partition coefficient (Wildman–Crippen LogP) is 0.414. The van der Waals surface area contributed by atoms with Crippen molar-refractivity contribution in [3.05, 3.63) is 29.3 Å². The number of aliphatic hydroxyl groups is 1. The first-order valence-corrected chi connectivity index (χ1v) is 11.2. The lowest BCUT2D eigenvalue weighted by molar-refractivity contribution is -0.159. The molecule has 4 unspecified atom stereocenters. The van der Waals surface area contributed by atoms with Crippen molar-refractivity contribution in [2.24, 2.45) is 0 Å². The van der Waals surface area contributed by atoms with Gasteiger partial charge in [0.2, 0.25) is 0 Å². The number of amides is 3. The first kappa shape index (κ1) is 19.5. The average molecular weight is 427 g/mol. The lowest BCUT2D eigenvalue weighted by Crippen LogP contribution is -2.76. The highest BCUT2D eigenvalue weighted by Crippen LogP contribution is 2.74. The summed E-state index contributed by atoms with van der Waals surface area (Å²) >= 11 is 0. The number of rotatable bonds is 4. The lowest BCUT2D eigenvalue weighted by Gasteiger charge is -2.63. The van der Waals surface area contributed by atoms with Gasteiger partial charge >= 0.3 is 6.03 Å². The summed E-state index contributed by atoms with van der Waals surface area (Å²) < 4.78 is 0. The van der Waals surface area contributed by atoms with E-state index in [-0.39, 0.29) is 23.1 Å². The molecule has 2 bridgehead atoms. The molecule has 2 aliphatic heterocycles. The van der Waals surface area contributed by atoms with Crippen LogP contribution in [-0.2, 0) is 15.6 Å². The smallest absolute Gasteiger partial charge is 0.322 e. The molecule has 3 aliphatic carbocycles. The molecule has 8 nitrogen and oxygen atoms in total. The van der Waals surface area contributed by atoms with Gasteiger partial charge in [-0.1, -0.05) is 6.07 Å². The van der Waals surface area contributed by atoms with Crippen molar-refractivity contribution in [2.75, 3.05) is 33.7 Å². The minimum absolute atomic E-state index is 0.0109. The number of likely N-dealkylation sites (tertiary alicyclic amines) is 1. The predicted molar refractivity (Wildman–Crippen MR) is 113 cm³/mol. The molecule has 5 atom stereocenters. The number of imide groups is 1. The van der Waals surface area contributed by atoms with Gasteiger partial charge in [0.25, 0.3) is 5.91 Å². The van der Waals surface area contributed by atoms with E-state index in [0.717, 1.165) is 38.0 Å². The molecule has 4 N–H and O–H groups in total. The zero-order valence-corrected chi connectivity index (χ0v) is 18.1. The molecule has 6 rings (SSSR count). The van der Waals surface area contributed by atoms with Gasteiger partial charge in [-0.2, -0.15) is 0 Å². The second-order valence-corrected chi connectivity index (χ2v) is 10.8. The molecule has 0 radical (unpaired) electrons. The van der Waals surface area contributed by atoms with Crippen molar-refractivity contribution in [3.63, 3.8) is 0 Å². The summed E-state index contributed by atoms with van der Waals surface area (Å²) in [6.45, 7) is 2.82. The standard InChI is InChI=1S/C23H30N4O4/c1-26(2)8-3-9-27-13-20-11-21(16-10-14(28)4-5-15(16)20)12-22(18(29)24-19(30)25-22)6-7-23(21,31)17(20)27/h4-5,10,17,28,31H,3,6-9,11-13H2,1-2H3,(H2,24,25,29,30)/t17?,20?,21?,22-,23?/m0/s1. The molecule has 166 valence electrons. The number of fused-ring (bicyclic) bond motifs is 2. The largest absolute Gasteiger partial charge is 0.508 e. The maximum atomic E-state index is 12.8. The fraction of sp³-hybridized carbons (Fsp3) is 0.652. The minimum Gasteiger partial charge on any atom is -0.508 e. The molecule has 2 saturated carbocycles. The van der Waals surface area contributed by atoms with Gasteiger partial charge in [0.05, 0.1) is 11.6 Å². The van der Waals surface area contributed by atoms with Crippen LogP contribution in [0.15, 0.2) is 18.2 Å². The number of phenols is 1. The van der Waals surface area contributed by atoms with Crippen LogP contribution >= 0.6 is 0 Å². The van der Waals surface area contributed by atoms with E-state index in [9.17, 15) is 19.8 Å². The molecule has 5 aliphatic rings. The quantitative estimate of drug-likeness (QED) is 0.520. The van der Waals surface area contributed by atoms with Crippen LogP contribution in [0.3, 0.4) is 0 Å². The monoisotopic (exact) mass is 426 g/mol. The zero-order valence-electron chi connectivity index (χ0n) is 18.1. The van der Waals surface area contributed by atoms with E-state index >= 15 is 0 Å². The second kappa shape index (κ2) is 5.79. The van der Waals surface area contributed by atoms with E-state index in [0.29, 0.717) is 19.3 Å². The van der Waals surface area contributed by atoms with E-state index in [1.54, 1.807) is 12.1 Å². The van der Waals surface area contributed by atoms with E-state index in [1.165, 1.54) is 5.56 Å². The molecule has 1 aromatic rings. The maximum absolute atomic E-state index is 12.8. The van der Waals surface area contributed by atoms with Gasteiger partial charge in [0.15, 0.2) is 0 Å². The summed E-state index contributed by atoms with van der Waals surface area (Å²) in [6.07, 6.45) is 3.04. The van der Waals surface area contributed by atoms with E-state index in [4.69, 9.17) is 0 Å². The van der Waals surface area contributed by atoms with Crippen molar-refractivity contribution in [2.45, 2.75) is 60.1 Å². The van der Waals surface area contributed by atoms with E-state index < -0.39 is 22.6 Å². The molecule has 3 spiro atoms. The molecule has 4 fully saturated rings. The summed E-state index contributed by atoms with van der Waals surface area (Å²) in [5, 5.41) is 27.9. The number of hydrogen-bond donors (Lipinski definition) is 4. The Morgan fingerprint density at radius 2 is 2.00 bits per heavy atom. The van der Waals surface area contributed by atoms with Crippen LogP contribution in [0.5, 0.6) is 5.75 Å². The Labute approximate surface area is 181 Å². The molecule has 31 heavy (non-hydrogen) atoms. The Balaban J connectivity index is 1.43. The number of carbonyl (C=O) groups is 2. The van der Waals surface area contributed by atoms with Gasteiger partial charge < -0.3 is 20.4 Å². The Morgan fingerprint density at radius 3 is 2.71 bits per heavy atom. The summed E-state index contributed by atoms with van der Waals surface area (Å²) in [5.74, 6) is -0.115. The lowest BCUT2D eigenvalue weighted by atomic mass is 9.52. The molecule has 0 aromatic heterocycles. The van der Waals surface area contributed by atoms with E-state index in [2.05, 4.69) is 34.5 Å². The summed E-state index contributed by atoms with van der Waals surface area (Å²) in [5.41, 5.74) is -0.617. The molecule has 1 aromatic carbocycles. The van der Waals surface area contributed by atoms with Crippen molar-refractivity contribution < 1.29 is 19.8 Å². The Bertz CT molecular complexity index is 1010. The SMILES string of the molecule is CN(C)CCCN1CC23CC4(C[C@]5(CCC4(O)C12)NC(=O)NC5=O)c1cc(O)ccc13. The van der Waals surface area contributed by atoms with Crippen LogP contribution in [-0.4, -0.2) is 82.9 Å². The van der Waals surface area contributed by atoms with Crippen molar-refractivity contribution in [3.8, 4) is 5.75 Å². The van der Waals surface area contributed by atoms with Crippen molar-refractivity contribution >= 4 is 11.9 Å². The van der Waals surface area contributed by atoms with Crippen LogP contribution < -0.4 is 10.6 Å². The third kappa shape index (κ3) is 2.16. The van der Waals surface area contributed by atoms with Crippen LogP contribution in [0.2, 0.25) is 0 Å². The van der Waals surface area contributed by atoms with E-state index in [1.807, 2.05) is 6.07 Å². The van der Waals surface area contributed by atoms with Gasteiger partial charge in [0, 0.05) is 17.4 Å². The summed E-state index contributed by atoms with van der Waals surface area (Å²) in [7, 11) is 4.14. The first-order chi connectivity index (χ1) is 14.7. The van der Waals surface area contributed by atoms with Gasteiger partial charge in [-0.25, -0.2) is 4.79 Å². The minimum atomic E-state index is -0.989. The topological polar surface area (TPSA) is 105 Å². The normalized spacial score (nSPS) is 42.3. The highest BCUT2D eigenvalue weighted by atomic mass is 16.3. The number of nitrogens with one attached hydrogen (secondary N) is 2. The number of nitrogens with zero attached hydrogens (tertiary/aromatic N) is 2. The Hall–Kier alpha value is -2.16. The Kier molecular flexibility index (Phi) is 3.65. The van der Waals surface area contributed by atoms with Crippen molar-refractivity contribution in [1.82, 2.24) is 20.4 Å². The second-order valence-electron chi connectivity index (χ2n) is 10.8. The molecule has 3 amide bonds. The van der Waals surface area contributed by atoms with Crippen LogP contribution in [0, 0.1) is 0 Å². The summed E-state index contributed by atoms with van der Waals surface area (Å²) in [6, 6.07) is 5.09. The average Bonchev–Trinajstić information content (AvgIpc) is 3.17. The van der Waals surface area contributed by atoms with Crippen molar-refractivity contribution in [1.29, 1.82) is 0 Å². The number of urea groups is 1. The number of aromatic hydroxyl groups is 1. The highest BCUT2D eigenvalue weighted by Gasteiger charge is 2.82. The van der Waals surface area contributed by atoms with Gasteiger partial charge in [-0.05, 0) is 82.5 Å². The molecule has 2 saturated heterocycles. The molecule has 8 heteroatoms. The van der Waals surface area contributed by atoms with Gasteiger partial charge in [0.1, 0.15) is 11.3 Å².